The number of ether oxygens (including phenoxy) is 1. The number of hydrogen-bond acceptors (Lipinski definition) is 5. The standard InChI is InChI=1S/C21H25ClN2O5S/c1-14(16-8-6-5-7-9-16)13-23-20(25)15(2)29-21(26)18-12-17(10-11-19(18)22)30(27,28)24(3)4/h5-12,14-15H,13H2,1-4H3,(H,23,25). The molecule has 162 valence electrons. The van der Waals surface area contributed by atoms with E-state index in [4.69, 9.17) is 16.3 Å². The smallest absolute Gasteiger partial charge is 0.340 e. The Kier molecular flexibility index (Phi) is 8.00. The highest BCUT2D eigenvalue weighted by atomic mass is 35.5. The third kappa shape index (κ3) is 5.81. The molecule has 9 heteroatoms. The van der Waals surface area contributed by atoms with Crippen molar-refractivity contribution >= 4 is 33.5 Å². The lowest BCUT2D eigenvalue weighted by Crippen LogP contribution is -2.37. The van der Waals surface area contributed by atoms with Gasteiger partial charge in [-0.15, -0.1) is 0 Å². The van der Waals surface area contributed by atoms with Crippen molar-refractivity contribution in [2.75, 3.05) is 20.6 Å². The molecule has 0 saturated carbocycles. The fourth-order valence-corrected chi connectivity index (χ4v) is 3.73. The Labute approximate surface area is 182 Å². The lowest BCUT2D eigenvalue weighted by atomic mass is 10.0. The minimum absolute atomic E-state index is 0.0306. The molecule has 0 bridgehead atoms. The highest BCUT2D eigenvalue weighted by Crippen LogP contribution is 2.23. The second kappa shape index (κ2) is 10.1. The zero-order chi connectivity index (χ0) is 22.5. The lowest BCUT2D eigenvalue weighted by molar-refractivity contribution is -0.129. The van der Waals surface area contributed by atoms with Crippen LogP contribution in [0.15, 0.2) is 53.4 Å². The maximum atomic E-state index is 12.5. The number of esters is 1. The van der Waals surface area contributed by atoms with Crippen LogP contribution in [0.2, 0.25) is 5.02 Å². The van der Waals surface area contributed by atoms with E-state index in [2.05, 4.69) is 5.32 Å². The van der Waals surface area contributed by atoms with Gasteiger partial charge in [0, 0.05) is 20.6 Å². The van der Waals surface area contributed by atoms with Crippen molar-refractivity contribution in [1.82, 2.24) is 9.62 Å². The lowest BCUT2D eigenvalue weighted by Gasteiger charge is -2.17. The minimum Gasteiger partial charge on any atom is -0.449 e. The normalized spacial score (nSPS) is 13.5. The van der Waals surface area contributed by atoms with Crippen molar-refractivity contribution in [2.45, 2.75) is 30.8 Å². The van der Waals surface area contributed by atoms with Crippen LogP contribution in [-0.4, -0.2) is 51.3 Å². The molecular weight excluding hydrogens is 428 g/mol. The molecule has 0 saturated heterocycles. The largest absolute Gasteiger partial charge is 0.449 e. The number of nitrogens with one attached hydrogen (secondary N) is 1. The van der Waals surface area contributed by atoms with Gasteiger partial charge in [0.05, 0.1) is 15.5 Å². The van der Waals surface area contributed by atoms with E-state index < -0.39 is 28.0 Å². The van der Waals surface area contributed by atoms with Gasteiger partial charge >= 0.3 is 5.97 Å². The molecule has 2 rings (SSSR count). The highest BCUT2D eigenvalue weighted by molar-refractivity contribution is 7.89. The molecule has 0 aliphatic rings. The summed E-state index contributed by atoms with van der Waals surface area (Å²) in [6, 6.07) is 13.5. The molecule has 7 nitrogen and oxygen atoms in total. The summed E-state index contributed by atoms with van der Waals surface area (Å²) in [6.07, 6.45) is -1.08. The molecule has 0 radical (unpaired) electrons. The first kappa shape index (κ1) is 23.9. The van der Waals surface area contributed by atoms with Gasteiger partial charge in [-0.05, 0) is 36.6 Å². The first-order valence-electron chi connectivity index (χ1n) is 9.29. The van der Waals surface area contributed by atoms with Gasteiger partial charge in [0.25, 0.3) is 5.91 Å². The molecule has 1 N–H and O–H groups in total. The maximum Gasteiger partial charge on any atom is 0.340 e. The average Bonchev–Trinajstić information content (AvgIpc) is 2.72. The van der Waals surface area contributed by atoms with Gasteiger partial charge in [0.2, 0.25) is 10.0 Å². The van der Waals surface area contributed by atoms with Gasteiger partial charge in [-0.2, -0.15) is 0 Å². The number of carbonyl (C=O) groups excluding carboxylic acids is 2. The summed E-state index contributed by atoms with van der Waals surface area (Å²) in [4.78, 5) is 24.7. The summed E-state index contributed by atoms with van der Waals surface area (Å²) in [6.45, 7) is 3.79. The van der Waals surface area contributed by atoms with Crippen LogP contribution in [0.1, 0.15) is 35.7 Å². The van der Waals surface area contributed by atoms with Crippen LogP contribution < -0.4 is 5.32 Å². The molecule has 30 heavy (non-hydrogen) atoms. The van der Waals surface area contributed by atoms with E-state index in [-0.39, 0.29) is 21.4 Å². The Morgan fingerprint density at radius 1 is 1.10 bits per heavy atom. The SMILES string of the molecule is CC(OC(=O)c1cc(S(=O)(=O)N(C)C)ccc1Cl)C(=O)NCC(C)c1ccccc1. The van der Waals surface area contributed by atoms with Gasteiger partial charge in [0.1, 0.15) is 0 Å². The van der Waals surface area contributed by atoms with Gasteiger partial charge in [-0.25, -0.2) is 17.5 Å². The fourth-order valence-electron chi connectivity index (χ4n) is 2.61. The van der Waals surface area contributed by atoms with E-state index >= 15 is 0 Å². The molecule has 2 atom stereocenters. The molecule has 0 spiro atoms. The zero-order valence-corrected chi connectivity index (χ0v) is 18.8. The van der Waals surface area contributed by atoms with Crippen molar-refractivity contribution in [2.24, 2.45) is 0 Å². The quantitative estimate of drug-likeness (QED) is 0.621. The van der Waals surface area contributed by atoms with Crippen molar-refractivity contribution in [3.63, 3.8) is 0 Å². The summed E-state index contributed by atoms with van der Waals surface area (Å²) in [5.41, 5.74) is 0.949. The molecule has 0 heterocycles. The molecule has 0 aliphatic carbocycles. The topological polar surface area (TPSA) is 92.8 Å². The van der Waals surface area contributed by atoms with Crippen molar-refractivity contribution in [3.05, 3.63) is 64.7 Å². The first-order chi connectivity index (χ1) is 14.0. The Morgan fingerprint density at radius 3 is 2.33 bits per heavy atom. The van der Waals surface area contributed by atoms with Gasteiger partial charge in [-0.3, -0.25) is 4.79 Å². The number of sulfonamides is 1. The van der Waals surface area contributed by atoms with E-state index in [1.165, 1.54) is 33.2 Å². The molecule has 0 fully saturated rings. The van der Waals surface area contributed by atoms with E-state index in [0.717, 1.165) is 15.9 Å². The van der Waals surface area contributed by atoms with Crippen molar-refractivity contribution in [1.29, 1.82) is 0 Å². The van der Waals surface area contributed by atoms with Crippen LogP contribution in [0, 0.1) is 0 Å². The maximum absolute atomic E-state index is 12.5. The number of benzene rings is 2. The van der Waals surface area contributed by atoms with E-state index in [1.54, 1.807) is 0 Å². The summed E-state index contributed by atoms with van der Waals surface area (Å²) in [5, 5.41) is 2.78. The monoisotopic (exact) mass is 452 g/mol. The van der Waals surface area contributed by atoms with Gasteiger partial charge < -0.3 is 10.1 Å². The Morgan fingerprint density at radius 2 is 1.73 bits per heavy atom. The predicted molar refractivity (Wildman–Crippen MR) is 115 cm³/mol. The van der Waals surface area contributed by atoms with Crippen LogP contribution in [0.3, 0.4) is 0 Å². The number of hydrogen-bond donors (Lipinski definition) is 1. The molecule has 1 amide bonds. The second-order valence-corrected chi connectivity index (χ2v) is 9.59. The van der Waals surface area contributed by atoms with Crippen LogP contribution in [-0.2, 0) is 19.6 Å². The summed E-state index contributed by atoms with van der Waals surface area (Å²) < 4.78 is 30.8. The third-order valence-electron chi connectivity index (χ3n) is 4.54. The summed E-state index contributed by atoms with van der Waals surface area (Å²) >= 11 is 6.04. The molecule has 0 aromatic heterocycles. The summed E-state index contributed by atoms with van der Waals surface area (Å²) in [5.74, 6) is -1.26. The number of rotatable bonds is 8. The summed E-state index contributed by atoms with van der Waals surface area (Å²) in [7, 11) is -0.992. The fraction of sp³-hybridized carbons (Fsp3) is 0.333. The Bertz CT molecular complexity index is 1010. The first-order valence-corrected chi connectivity index (χ1v) is 11.1. The minimum atomic E-state index is -3.75. The Balaban J connectivity index is 2.04. The number of carbonyl (C=O) groups is 2. The van der Waals surface area contributed by atoms with Crippen LogP contribution >= 0.6 is 11.6 Å². The van der Waals surface area contributed by atoms with Crippen molar-refractivity contribution < 1.29 is 22.7 Å². The zero-order valence-electron chi connectivity index (χ0n) is 17.3. The number of halogens is 1. The van der Waals surface area contributed by atoms with E-state index in [1.807, 2.05) is 37.3 Å². The van der Waals surface area contributed by atoms with Crippen LogP contribution in [0.25, 0.3) is 0 Å². The molecule has 2 unspecified atom stereocenters. The predicted octanol–water partition coefficient (Wildman–Crippen LogP) is 3.06. The third-order valence-corrected chi connectivity index (χ3v) is 6.68. The average molecular weight is 453 g/mol. The second-order valence-electron chi connectivity index (χ2n) is 7.03. The van der Waals surface area contributed by atoms with Crippen LogP contribution in [0.5, 0.6) is 0 Å². The van der Waals surface area contributed by atoms with Gasteiger partial charge in [-0.1, -0.05) is 48.9 Å². The van der Waals surface area contributed by atoms with E-state index in [0.29, 0.717) is 6.54 Å². The molecule has 2 aromatic rings. The highest BCUT2D eigenvalue weighted by Gasteiger charge is 2.24. The van der Waals surface area contributed by atoms with Crippen LogP contribution in [0.4, 0.5) is 0 Å². The van der Waals surface area contributed by atoms with Gasteiger partial charge in [0.15, 0.2) is 6.10 Å². The molecule has 0 aliphatic heterocycles. The van der Waals surface area contributed by atoms with Crippen molar-refractivity contribution in [3.8, 4) is 0 Å². The number of nitrogens with zero attached hydrogens (tertiary/aromatic N) is 1. The molecule has 2 aromatic carbocycles. The Hall–Kier alpha value is -2.42. The molecular formula is C21H25ClN2O5S. The van der Waals surface area contributed by atoms with E-state index in [9.17, 15) is 18.0 Å². The number of amides is 1.